The molecule has 20 heavy (non-hydrogen) atoms. The normalized spacial score (nSPS) is 10.2. The van der Waals surface area contributed by atoms with Gasteiger partial charge in [0.15, 0.2) is 0 Å². The highest BCUT2D eigenvalue weighted by Crippen LogP contribution is 2.21. The number of amides is 1. The molecule has 0 atom stereocenters. The first kappa shape index (κ1) is 14.3. The molecule has 0 saturated carbocycles. The summed E-state index contributed by atoms with van der Waals surface area (Å²) >= 11 is 1.47. The Kier molecular flexibility index (Phi) is 4.20. The van der Waals surface area contributed by atoms with E-state index in [0.29, 0.717) is 16.8 Å². The molecule has 0 aliphatic carbocycles. The monoisotopic (exact) mass is 289 g/mol. The molecular weight excluding hydrogens is 274 g/mol. The summed E-state index contributed by atoms with van der Waals surface area (Å²) in [5, 5.41) is 6.46. The van der Waals surface area contributed by atoms with Gasteiger partial charge in [0, 0.05) is 5.38 Å². The summed E-state index contributed by atoms with van der Waals surface area (Å²) in [5.74, 6) is -0.691. The van der Waals surface area contributed by atoms with Crippen LogP contribution in [-0.2, 0) is 4.74 Å². The van der Waals surface area contributed by atoms with Crippen LogP contribution in [0.4, 0.5) is 5.69 Å². The van der Waals surface area contributed by atoms with Gasteiger partial charge in [0.05, 0.1) is 23.9 Å². The summed E-state index contributed by atoms with van der Waals surface area (Å²) in [6.45, 7) is 3.75. The van der Waals surface area contributed by atoms with Crippen molar-refractivity contribution in [3.8, 4) is 0 Å². The van der Waals surface area contributed by atoms with Crippen LogP contribution in [0.25, 0.3) is 0 Å². The summed E-state index contributed by atoms with van der Waals surface area (Å²) in [7, 11) is 1.32. The largest absolute Gasteiger partial charge is 0.465 e. The molecule has 0 fully saturated rings. The molecule has 1 amide bonds. The number of carbonyl (C=O) groups is 2. The van der Waals surface area contributed by atoms with Crippen molar-refractivity contribution in [1.82, 2.24) is 0 Å². The van der Waals surface area contributed by atoms with E-state index in [1.54, 1.807) is 17.5 Å². The Morgan fingerprint density at radius 2 is 1.90 bits per heavy atom. The fourth-order valence-corrected chi connectivity index (χ4v) is 2.66. The van der Waals surface area contributed by atoms with E-state index in [-0.39, 0.29) is 5.91 Å². The zero-order valence-corrected chi connectivity index (χ0v) is 12.3. The molecule has 2 aromatic rings. The standard InChI is InChI=1S/C15H15NO3S/c1-9-4-5-13(11(6-9)15(18)19-3)16-14(17)12-8-20-7-10(12)2/h4-8H,1-3H3,(H,16,17). The van der Waals surface area contributed by atoms with E-state index in [9.17, 15) is 9.59 Å². The van der Waals surface area contributed by atoms with Gasteiger partial charge in [-0.25, -0.2) is 4.79 Å². The number of hydrogen-bond donors (Lipinski definition) is 1. The molecule has 1 heterocycles. The highest BCUT2D eigenvalue weighted by Gasteiger charge is 2.16. The van der Waals surface area contributed by atoms with E-state index >= 15 is 0 Å². The summed E-state index contributed by atoms with van der Waals surface area (Å²) in [6, 6.07) is 5.24. The van der Waals surface area contributed by atoms with Gasteiger partial charge >= 0.3 is 5.97 Å². The molecule has 5 heteroatoms. The molecule has 1 aromatic heterocycles. The van der Waals surface area contributed by atoms with Gasteiger partial charge in [-0.2, -0.15) is 11.3 Å². The fourth-order valence-electron chi connectivity index (χ4n) is 1.83. The van der Waals surface area contributed by atoms with Crippen molar-refractivity contribution in [1.29, 1.82) is 0 Å². The Hall–Kier alpha value is -2.14. The van der Waals surface area contributed by atoms with Crippen LogP contribution in [0.2, 0.25) is 0 Å². The van der Waals surface area contributed by atoms with Crippen molar-refractivity contribution in [2.24, 2.45) is 0 Å². The summed E-state index contributed by atoms with van der Waals surface area (Å²) in [6.07, 6.45) is 0. The van der Waals surface area contributed by atoms with Crippen molar-refractivity contribution < 1.29 is 14.3 Å². The molecule has 1 N–H and O–H groups in total. The van der Waals surface area contributed by atoms with Crippen LogP contribution in [0, 0.1) is 13.8 Å². The van der Waals surface area contributed by atoms with Gasteiger partial charge < -0.3 is 10.1 Å². The molecule has 104 valence electrons. The maximum Gasteiger partial charge on any atom is 0.339 e. The third kappa shape index (κ3) is 2.88. The Balaban J connectivity index is 2.32. The van der Waals surface area contributed by atoms with Crippen LogP contribution in [0.15, 0.2) is 29.0 Å². The van der Waals surface area contributed by atoms with Crippen LogP contribution >= 0.6 is 11.3 Å². The SMILES string of the molecule is COC(=O)c1cc(C)ccc1NC(=O)c1cscc1C. The number of ether oxygens (including phenoxy) is 1. The molecular formula is C15H15NO3S. The van der Waals surface area contributed by atoms with Crippen LogP contribution in [0.5, 0.6) is 0 Å². The lowest BCUT2D eigenvalue weighted by Gasteiger charge is -2.10. The third-order valence-electron chi connectivity index (χ3n) is 2.93. The summed E-state index contributed by atoms with van der Waals surface area (Å²) in [4.78, 5) is 23.9. The predicted octanol–water partition coefficient (Wildman–Crippen LogP) is 3.40. The molecule has 0 unspecified atom stereocenters. The third-order valence-corrected chi connectivity index (χ3v) is 3.79. The van der Waals surface area contributed by atoms with E-state index in [1.807, 2.05) is 25.3 Å². The highest BCUT2D eigenvalue weighted by molar-refractivity contribution is 7.08. The van der Waals surface area contributed by atoms with E-state index in [4.69, 9.17) is 4.74 Å². The number of rotatable bonds is 3. The Labute approximate surface area is 121 Å². The maximum atomic E-state index is 12.2. The summed E-state index contributed by atoms with van der Waals surface area (Å²) in [5.41, 5.74) is 3.27. The van der Waals surface area contributed by atoms with E-state index < -0.39 is 5.97 Å². The summed E-state index contributed by atoms with van der Waals surface area (Å²) < 4.78 is 4.74. The minimum Gasteiger partial charge on any atom is -0.465 e. The number of hydrogen-bond acceptors (Lipinski definition) is 4. The molecule has 0 bridgehead atoms. The minimum atomic E-state index is -0.467. The number of thiophene rings is 1. The van der Waals surface area contributed by atoms with Gasteiger partial charge in [-0.15, -0.1) is 0 Å². The molecule has 1 aromatic carbocycles. The van der Waals surface area contributed by atoms with Gasteiger partial charge in [-0.3, -0.25) is 4.79 Å². The zero-order valence-electron chi connectivity index (χ0n) is 11.5. The highest BCUT2D eigenvalue weighted by atomic mass is 32.1. The number of nitrogens with one attached hydrogen (secondary N) is 1. The van der Waals surface area contributed by atoms with Crippen LogP contribution in [-0.4, -0.2) is 19.0 Å². The van der Waals surface area contributed by atoms with Gasteiger partial charge in [0.25, 0.3) is 5.91 Å². The average molecular weight is 289 g/mol. The van der Waals surface area contributed by atoms with Gasteiger partial charge in [-0.05, 0) is 36.9 Å². The first-order valence-electron chi connectivity index (χ1n) is 6.06. The Bertz CT molecular complexity index is 661. The van der Waals surface area contributed by atoms with Gasteiger partial charge in [0.1, 0.15) is 0 Å². The number of methoxy groups -OCH3 is 1. The Morgan fingerprint density at radius 1 is 1.15 bits per heavy atom. The van der Waals surface area contributed by atoms with Gasteiger partial charge in [0.2, 0.25) is 0 Å². The molecule has 2 rings (SSSR count). The topological polar surface area (TPSA) is 55.4 Å². The number of anilines is 1. The molecule has 0 saturated heterocycles. The van der Waals surface area contributed by atoms with Crippen LogP contribution in [0.1, 0.15) is 31.8 Å². The molecule has 4 nitrogen and oxygen atoms in total. The van der Waals surface area contributed by atoms with Crippen LogP contribution < -0.4 is 5.32 Å². The predicted molar refractivity (Wildman–Crippen MR) is 79.5 cm³/mol. The van der Waals surface area contributed by atoms with Gasteiger partial charge in [-0.1, -0.05) is 11.6 Å². The van der Waals surface area contributed by atoms with Crippen molar-refractivity contribution in [2.45, 2.75) is 13.8 Å². The minimum absolute atomic E-state index is 0.224. The van der Waals surface area contributed by atoms with E-state index in [0.717, 1.165) is 11.1 Å². The molecule has 0 aliphatic heterocycles. The van der Waals surface area contributed by atoms with Crippen molar-refractivity contribution in [3.05, 3.63) is 51.2 Å². The second-order valence-electron chi connectivity index (χ2n) is 4.46. The maximum absolute atomic E-state index is 12.2. The number of benzene rings is 1. The fraction of sp³-hybridized carbons (Fsp3) is 0.200. The average Bonchev–Trinajstić information content (AvgIpc) is 2.86. The quantitative estimate of drug-likeness (QED) is 0.881. The number of aryl methyl sites for hydroxylation is 2. The second-order valence-corrected chi connectivity index (χ2v) is 5.21. The second kappa shape index (κ2) is 5.88. The lowest BCUT2D eigenvalue weighted by Crippen LogP contribution is -2.15. The molecule has 0 aliphatic rings. The van der Waals surface area contributed by atoms with E-state index in [1.165, 1.54) is 18.4 Å². The molecule has 0 radical (unpaired) electrons. The number of esters is 1. The van der Waals surface area contributed by atoms with Crippen molar-refractivity contribution >= 4 is 28.9 Å². The van der Waals surface area contributed by atoms with Crippen molar-refractivity contribution in [2.75, 3.05) is 12.4 Å². The molecule has 0 spiro atoms. The smallest absolute Gasteiger partial charge is 0.339 e. The Morgan fingerprint density at radius 3 is 2.50 bits per heavy atom. The van der Waals surface area contributed by atoms with Crippen molar-refractivity contribution in [3.63, 3.8) is 0 Å². The first-order chi connectivity index (χ1) is 9.52. The van der Waals surface area contributed by atoms with Crippen LogP contribution in [0.3, 0.4) is 0 Å². The lowest BCUT2D eigenvalue weighted by atomic mass is 10.1. The first-order valence-corrected chi connectivity index (χ1v) is 7.00. The number of carbonyl (C=O) groups excluding carboxylic acids is 2. The zero-order chi connectivity index (χ0) is 14.7. The lowest BCUT2D eigenvalue weighted by molar-refractivity contribution is 0.0602. The van der Waals surface area contributed by atoms with E-state index in [2.05, 4.69) is 5.32 Å².